The zero-order chi connectivity index (χ0) is 14.7. The molecular weight excluding hydrogens is 286 g/mol. The van der Waals surface area contributed by atoms with Gasteiger partial charge in [-0.2, -0.15) is 4.99 Å². The quantitative estimate of drug-likeness (QED) is 0.788. The molecule has 3 amide bonds. The first-order valence-electron chi connectivity index (χ1n) is 7.84. The maximum Gasteiger partial charge on any atom is 0.367 e. The number of urea groups is 1. The standard InChI is InChI=1S/C15H21N3O2S/c19-13(18-8-4-1-5-9-18)10-21-14-11-6-2-3-7-12(11)16-15(20)17-14/h11H,1-10H2. The lowest BCUT2D eigenvalue weighted by atomic mass is 9.87. The van der Waals surface area contributed by atoms with Gasteiger partial charge in [-0.3, -0.25) is 4.79 Å². The first-order valence-corrected chi connectivity index (χ1v) is 8.83. The minimum Gasteiger partial charge on any atom is -0.342 e. The number of carbonyl (C=O) groups is 2. The van der Waals surface area contributed by atoms with Crippen LogP contribution >= 0.6 is 11.8 Å². The summed E-state index contributed by atoms with van der Waals surface area (Å²) in [6.07, 6.45) is 7.60. The number of rotatable bonds is 2. The van der Waals surface area contributed by atoms with Crippen LogP contribution in [0, 0.1) is 5.92 Å². The van der Waals surface area contributed by atoms with Crippen molar-refractivity contribution < 1.29 is 9.59 Å². The van der Waals surface area contributed by atoms with E-state index in [1.165, 1.54) is 18.2 Å². The minimum absolute atomic E-state index is 0.176. The summed E-state index contributed by atoms with van der Waals surface area (Å²) in [7, 11) is 0. The van der Waals surface area contributed by atoms with E-state index in [1.807, 2.05) is 4.90 Å². The monoisotopic (exact) mass is 307 g/mol. The molecule has 6 heteroatoms. The van der Waals surface area contributed by atoms with E-state index in [-0.39, 0.29) is 11.8 Å². The first kappa shape index (κ1) is 14.8. The van der Waals surface area contributed by atoms with Crippen molar-refractivity contribution in [3.63, 3.8) is 0 Å². The van der Waals surface area contributed by atoms with E-state index in [2.05, 4.69) is 9.98 Å². The van der Waals surface area contributed by atoms with Crippen molar-refractivity contribution in [2.24, 2.45) is 15.9 Å². The summed E-state index contributed by atoms with van der Waals surface area (Å²) < 4.78 is 0. The Morgan fingerprint density at radius 2 is 1.95 bits per heavy atom. The Kier molecular flexibility index (Phi) is 4.73. The number of piperidine rings is 1. The Morgan fingerprint density at radius 1 is 1.14 bits per heavy atom. The highest BCUT2D eigenvalue weighted by molar-refractivity contribution is 8.14. The van der Waals surface area contributed by atoms with E-state index in [1.54, 1.807) is 0 Å². The minimum atomic E-state index is -0.393. The number of fused-ring (bicyclic) bond motifs is 1. The molecule has 0 spiro atoms. The highest BCUT2D eigenvalue weighted by Gasteiger charge is 2.31. The number of thioether (sulfide) groups is 1. The van der Waals surface area contributed by atoms with Crippen LogP contribution in [0.15, 0.2) is 9.98 Å². The predicted octanol–water partition coefficient (Wildman–Crippen LogP) is 2.90. The molecule has 1 aliphatic carbocycles. The molecule has 1 saturated carbocycles. The molecular formula is C15H21N3O2S. The van der Waals surface area contributed by atoms with Crippen molar-refractivity contribution in [1.29, 1.82) is 0 Å². The van der Waals surface area contributed by atoms with E-state index in [9.17, 15) is 9.59 Å². The fourth-order valence-corrected chi connectivity index (χ4v) is 4.27. The van der Waals surface area contributed by atoms with Crippen molar-refractivity contribution in [2.45, 2.75) is 44.9 Å². The molecule has 2 aliphatic heterocycles. The van der Waals surface area contributed by atoms with Crippen LogP contribution in [0.2, 0.25) is 0 Å². The van der Waals surface area contributed by atoms with E-state index >= 15 is 0 Å². The van der Waals surface area contributed by atoms with E-state index in [0.29, 0.717) is 5.75 Å². The molecule has 0 aromatic rings. The largest absolute Gasteiger partial charge is 0.367 e. The lowest BCUT2D eigenvalue weighted by molar-refractivity contribution is -0.129. The lowest BCUT2D eigenvalue weighted by Gasteiger charge is -2.29. The summed E-state index contributed by atoms with van der Waals surface area (Å²) in [5.74, 6) is 0.765. The molecule has 5 nitrogen and oxygen atoms in total. The van der Waals surface area contributed by atoms with Crippen molar-refractivity contribution >= 4 is 34.5 Å². The maximum atomic E-state index is 12.2. The Bertz CT molecular complexity index is 495. The van der Waals surface area contributed by atoms with Crippen LogP contribution in [0.3, 0.4) is 0 Å². The SMILES string of the molecule is O=C1N=C2CCCCC2C(SCC(=O)N2CCCCC2)=N1. The second-order valence-electron chi connectivity index (χ2n) is 5.86. The summed E-state index contributed by atoms with van der Waals surface area (Å²) in [6, 6.07) is -0.393. The molecule has 1 atom stereocenters. The summed E-state index contributed by atoms with van der Waals surface area (Å²) in [4.78, 5) is 33.9. The molecule has 2 heterocycles. The number of nitrogens with zero attached hydrogens (tertiary/aromatic N) is 3. The average molecular weight is 307 g/mol. The Morgan fingerprint density at radius 3 is 2.76 bits per heavy atom. The topological polar surface area (TPSA) is 62.1 Å². The summed E-state index contributed by atoms with van der Waals surface area (Å²) >= 11 is 1.45. The van der Waals surface area contributed by atoms with Crippen molar-refractivity contribution in [2.75, 3.05) is 18.8 Å². The molecule has 0 radical (unpaired) electrons. The number of carbonyl (C=O) groups excluding carboxylic acids is 2. The number of hydrogen-bond acceptors (Lipinski definition) is 3. The summed E-state index contributed by atoms with van der Waals surface area (Å²) in [5.41, 5.74) is 0.981. The van der Waals surface area contributed by atoms with Crippen LogP contribution in [-0.4, -0.2) is 46.4 Å². The van der Waals surface area contributed by atoms with Gasteiger partial charge < -0.3 is 4.90 Å². The van der Waals surface area contributed by atoms with Crippen molar-refractivity contribution in [1.82, 2.24) is 4.90 Å². The van der Waals surface area contributed by atoms with Gasteiger partial charge in [-0.25, -0.2) is 9.79 Å². The smallest absolute Gasteiger partial charge is 0.342 e. The van der Waals surface area contributed by atoms with Gasteiger partial charge in [0.2, 0.25) is 5.91 Å². The van der Waals surface area contributed by atoms with Crippen LogP contribution in [0.25, 0.3) is 0 Å². The first-order chi connectivity index (χ1) is 10.2. The van der Waals surface area contributed by atoms with E-state index < -0.39 is 6.03 Å². The molecule has 21 heavy (non-hydrogen) atoms. The molecule has 0 aromatic heterocycles. The molecule has 3 aliphatic rings. The zero-order valence-corrected chi connectivity index (χ0v) is 13.0. The number of hydrogen-bond donors (Lipinski definition) is 0. The van der Waals surface area contributed by atoms with Gasteiger partial charge in [-0.05, 0) is 38.5 Å². The highest BCUT2D eigenvalue weighted by atomic mass is 32.2. The van der Waals surface area contributed by atoms with Gasteiger partial charge in [0.05, 0.1) is 10.8 Å². The van der Waals surface area contributed by atoms with Crippen molar-refractivity contribution in [3.05, 3.63) is 0 Å². The average Bonchev–Trinajstić information content (AvgIpc) is 2.53. The third-order valence-corrected chi connectivity index (χ3v) is 5.44. The third kappa shape index (κ3) is 3.54. The number of amides is 3. The number of likely N-dealkylation sites (tertiary alicyclic amines) is 1. The Balaban J connectivity index is 1.58. The van der Waals surface area contributed by atoms with Crippen LogP contribution in [0.4, 0.5) is 4.79 Å². The second-order valence-corrected chi connectivity index (χ2v) is 6.86. The second kappa shape index (κ2) is 6.73. The van der Waals surface area contributed by atoms with Gasteiger partial charge in [0.15, 0.2) is 0 Å². The summed E-state index contributed by atoms with van der Waals surface area (Å²) in [5, 5.41) is 0.815. The van der Waals surface area contributed by atoms with E-state index in [4.69, 9.17) is 0 Å². The normalized spacial score (nSPS) is 26.0. The highest BCUT2D eigenvalue weighted by Crippen LogP contribution is 2.30. The van der Waals surface area contributed by atoms with Gasteiger partial charge in [0.1, 0.15) is 0 Å². The third-order valence-electron chi connectivity index (χ3n) is 4.37. The van der Waals surface area contributed by atoms with E-state index in [0.717, 1.165) is 62.4 Å². The Hall–Kier alpha value is -1.17. The molecule has 114 valence electrons. The lowest BCUT2D eigenvalue weighted by Crippen LogP contribution is -2.37. The van der Waals surface area contributed by atoms with Crippen molar-refractivity contribution in [3.8, 4) is 0 Å². The number of aliphatic imine (C=N–C) groups is 2. The van der Waals surface area contributed by atoms with Crippen LogP contribution in [0.5, 0.6) is 0 Å². The molecule has 0 aromatic carbocycles. The van der Waals surface area contributed by atoms with Crippen LogP contribution < -0.4 is 0 Å². The zero-order valence-electron chi connectivity index (χ0n) is 12.2. The van der Waals surface area contributed by atoms with Gasteiger partial charge in [0, 0.05) is 24.7 Å². The fourth-order valence-electron chi connectivity index (χ4n) is 3.22. The maximum absolute atomic E-state index is 12.2. The molecule has 1 saturated heterocycles. The van der Waals surface area contributed by atoms with Crippen LogP contribution in [-0.2, 0) is 4.79 Å². The van der Waals surface area contributed by atoms with Gasteiger partial charge in [-0.15, -0.1) is 0 Å². The molecule has 3 rings (SSSR count). The fraction of sp³-hybridized carbons (Fsp3) is 0.733. The summed E-state index contributed by atoms with van der Waals surface area (Å²) in [6.45, 7) is 1.75. The molecule has 1 unspecified atom stereocenters. The predicted molar refractivity (Wildman–Crippen MR) is 85.1 cm³/mol. The van der Waals surface area contributed by atoms with Gasteiger partial charge in [-0.1, -0.05) is 18.2 Å². The molecule has 0 N–H and O–H groups in total. The molecule has 0 bridgehead atoms. The molecule has 2 fully saturated rings. The van der Waals surface area contributed by atoms with Crippen LogP contribution in [0.1, 0.15) is 44.9 Å². The Labute approximate surface area is 129 Å². The van der Waals surface area contributed by atoms with Gasteiger partial charge >= 0.3 is 6.03 Å². The van der Waals surface area contributed by atoms with Gasteiger partial charge in [0.25, 0.3) is 0 Å².